The first-order chi connectivity index (χ1) is 9.90. The number of hydrogen-bond acceptors (Lipinski definition) is 3. The third-order valence-corrected chi connectivity index (χ3v) is 3.47. The van der Waals surface area contributed by atoms with Gasteiger partial charge in [-0.05, 0) is 25.1 Å². The third-order valence-electron chi connectivity index (χ3n) is 3.47. The molecule has 0 fully saturated rings. The summed E-state index contributed by atoms with van der Waals surface area (Å²) >= 11 is 0. The van der Waals surface area contributed by atoms with Crippen molar-refractivity contribution in [3.05, 3.63) is 47.3 Å². The van der Waals surface area contributed by atoms with Gasteiger partial charge in [0.05, 0.1) is 11.9 Å². The summed E-state index contributed by atoms with van der Waals surface area (Å²) in [5.41, 5.74) is 1.30. The number of halogens is 2. The van der Waals surface area contributed by atoms with Crippen molar-refractivity contribution in [1.82, 2.24) is 14.9 Å². The second-order valence-corrected chi connectivity index (χ2v) is 5.27. The van der Waals surface area contributed by atoms with Crippen molar-refractivity contribution in [1.29, 1.82) is 0 Å². The van der Waals surface area contributed by atoms with Crippen LogP contribution in [0.3, 0.4) is 0 Å². The first kappa shape index (κ1) is 15.4. The average Bonchev–Trinajstić information content (AvgIpc) is 2.80. The van der Waals surface area contributed by atoms with E-state index < -0.39 is 11.6 Å². The Bertz CT molecular complexity index is 622. The maximum absolute atomic E-state index is 13.7. The van der Waals surface area contributed by atoms with Gasteiger partial charge in [-0.25, -0.2) is 13.8 Å². The van der Waals surface area contributed by atoms with Gasteiger partial charge in [-0.2, -0.15) is 0 Å². The topological polar surface area (TPSA) is 33.1 Å². The van der Waals surface area contributed by atoms with Gasteiger partial charge in [-0.15, -0.1) is 0 Å². The summed E-state index contributed by atoms with van der Waals surface area (Å²) in [6.45, 7) is 2.33. The zero-order chi connectivity index (χ0) is 15.6. The Morgan fingerprint density at radius 3 is 2.67 bits per heavy atom. The minimum Gasteiger partial charge on any atom is -0.348 e. The molecule has 6 heteroatoms. The van der Waals surface area contributed by atoms with Gasteiger partial charge >= 0.3 is 0 Å². The second kappa shape index (κ2) is 6.22. The van der Waals surface area contributed by atoms with Gasteiger partial charge in [0.2, 0.25) is 5.95 Å². The van der Waals surface area contributed by atoms with E-state index in [1.54, 1.807) is 13.1 Å². The van der Waals surface area contributed by atoms with Crippen molar-refractivity contribution in [2.24, 2.45) is 7.05 Å². The van der Waals surface area contributed by atoms with E-state index in [0.29, 0.717) is 12.1 Å². The Morgan fingerprint density at radius 2 is 2.05 bits per heavy atom. The lowest BCUT2D eigenvalue weighted by molar-refractivity contribution is 0.511. The van der Waals surface area contributed by atoms with Gasteiger partial charge in [0, 0.05) is 39.3 Å². The molecule has 1 N–H and O–H groups in total. The number of aromatic nitrogens is 2. The zero-order valence-corrected chi connectivity index (χ0v) is 12.7. The molecule has 114 valence electrons. The number of imidazole rings is 1. The molecule has 1 aromatic heterocycles. The highest BCUT2D eigenvalue weighted by molar-refractivity contribution is 5.31. The van der Waals surface area contributed by atoms with Gasteiger partial charge in [-0.3, -0.25) is 0 Å². The van der Waals surface area contributed by atoms with E-state index in [9.17, 15) is 8.78 Å². The molecule has 0 saturated heterocycles. The molecule has 2 rings (SSSR count). The molecule has 0 bridgehead atoms. The van der Waals surface area contributed by atoms with E-state index in [4.69, 9.17) is 0 Å². The van der Waals surface area contributed by atoms with E-state index in [-0.39, 0.29) is 6.04 Å². The lowest BCUT2D eigenvalue weighted by Gasteiger charge is -2.16. The summed E-state index contributed by atoms with van der Waals surface area (Å²) in [7, 11) is 5.77. The van der Waals surface area contributed by atoms with E-state index >= 15 is 0 Å². The number of nitrogens with zero attached hydrogens (tertiary/aromatic N) is 3. The number of hydrogen-bond donors (Lipinski definition) is 1. The Hall–Kier alpha value is -1.95. The lowest BCUT2D eigenvalue weighted by atomic mass is 10.1. The van der Waals surface area contributed by atoms with Crippen molar-refractivity contribution in [3.63, 3.8) is 0 Å². The fourth-order valence-electron chi connectivity index (χ4n) is 2.23. The first-order valence-corrected chi connectivity index (χ1v) is 6.76. The molecule has 0 spiro atoms. The number of rotatable bonds is 5. The molecule has 0 aliphatic rings. The van der Waals surface area contributed by atoms with Crippen LogP contribution < -0.4 is 10.2 Å². The van der Waals surface area contributed by atoms with Crippen molar-refractivity contribution in [2.45, 2.75) is 19.5 Å². The standard InChI is InChI=1S/C15H20F2N4/c1-10(13-7-11(16)5-6-14(13)17)18-8-12-9-19-15(20(2)3)21(12)4/h5-7,9-10,18H,8H2,1-4H3. The minimum atomic E-state index is -0.435. The second-order valence-electron chi connectivity index (χ2n) is 5.27. The molecule has 0 radical (unpaired) electrons. The molecular weight excluding hydrogens is 274 g/mol. The average molecular weight is 294 g/mol. The molecular formula is C15H20F2N4. The van der Waals surface area contributed by atoms with Crippen LogP contribution >= 0.6 is 0 Å². The van der Waals surface area contributed by atoms with E-state index in [1.807, 2.05) is 30.6 Å². The van der Waals surface area contributed by atoms with Gasteiger partial charge in [0.15, 0.2) is 0 Å². The Morgan fingerprint density at radius 1 is 1.33 bits per heavy atom. The summed E-state index contributed by atoms with van der Waals surface area (Å²) in [5, 5.41) is 3.19. The molecule has 0 amide bonds. The maximum Gasteiger partial charge on any atom is 0.204 e. The van der Waals surface area contributed by atoms with Gasteiger partial charge < -0.3 is 14.8 Å². The molecule has 0 aliphatic heterocycles. The Labute approximate surface area is 123 Å². The molecule has 0 aliphatic carbocycles. The van der Waals surface area contributed by atoms with Crippen LogP contribution in [0, 0.1) is 11.6 Å². The highest BCUT2D eigenvalue weighted by atomic mass is 19.1. The summed E-state index contributed by atoms with van der Waals surface area (Å²) < 4.78 is 28.9. The first-order valence-electron chi connectivity index (χ1n) is 6.76. The van der Waals surface area contributed by atoms with E-state index in [1.165, 1.54) is 6.07 Å². The van der Waals surface area contributed by atoms with Crippen molar-refractivity contribution in [3.8, 4) is 0 Å². The fraction of sp³-hybridized carbons (Fsp3) is 0.400. The van der Waals surface area contributed by atoms with Crippen LogP contribution in [-0.2, 0) is 13.6 Å². The van der Waals surface area contributed by atoms with Crippen molar-refractivity contribution >= 4 is 5.95 Å². The van der Waals surface area contributed by atoms with Crippen LogP contribution in [0.2, 0.25) is 0 Å². The predicted octanol–water partition coefficient (Wildman–Crippen LogP) is 2.62. The van der Waals surface area contributed by atoms with Gasteiger partial charge in [-0.1, -0.05) is 0 Å². The highest BCUT2D eigenvalue weighted by Crippen LogP contribution is 2.19. The smallest absolute Gasteiger partial charge is 0.204 e. The molecule has 2 aromatic rings. The van der Waals surface area contributed by atoms with Crippen LogP contribution in [0.4, 0.5) is 14.7 Å². The van der Waals surface area contributed by atoms with E-state index in [0.717, 1.165) is 23.8 Å². The Kier molecular flexibility index (Phi) is 4.57. The number of anilines is 1. The van der Waals surface area contributed by atoms with Crippen LogP contribution in [0.25, 0.3) is 0 Å². The molecule has 1 atom stereocenters. The van der Waals surface area contributed by atoms with Crippen molar-refractivity contribution < 1.29 is 8.78 Å². The lowest BCUT2D eigenvalue weighted by Crippen LogP contribution is -2.21. The van der Waals surface area contributed by atoms with Crippen LogP contribution in [0.5, 0.6) is 0 Å². The fourth-order valence-corrected chi connectivity index (χ4v) is 2.23. The summed E-state index contributed by atoms with van der Waals surface area (Å²) in [6, 6.07) is 3.20. The van der Waals surface area contributed by atoms with Crippen molar-refractivity contribution in [2.75, 3.05) is 19.0 Å². The monoisotopic (exact) mass is 294 g/mol. The molecule has 21 heavy (non-hydrogen) atoms. The number of benzene rings is 1. The minimum absolute atomic E-state index is 0.293. The van der Waals surface area contributed by atoms with Gasteiger partial charge in [0.1, 0.15) is 11.6 Å². The molecule has 4 nitrogen and oxygen atoms in total. The quantitative estimate of drug-likeness (QED) is 0.920. The normalized spacial score (nSPS) is 12.5. The van der Waals surface area contributed by atoms with E-state index in [2.05, 4.69) is 10.3 Å². The third kappa shape index (κ3) is 3.39. The predicted molar refractivity (Wildman–Crippen MR) is 79.1 cm³/mol. The zero-order valence-electron chi connectivity index (χ0n) is 12.7. The maximum atomic E-state index is 13.7. The van der Waals surface area contributed by atoms with Crippen LogP contribution in [0.1, 0.15) is 24.2 Å². The summed E-state index contributed by atoms with van der Waals surface area (Å²) in [6.07, 6.45) is 1.77. The van der Waals surface area contributed by atoms with Crippen LogP contribution in [0.15, 0.2) is 24.4 Å². The highest BCUT2D eigenvalue weighted by Gasteiger charge is 2.13. The molecule has 1 aromatic carbocycles. The van der Waals surface area contributed by atoms with Gasteiger partial charge in [0.25, 0.3) is 0 Å². The summed E-state index contributed by atoms with van der Waals surface area (Å²) in [4.78, 5) is 6.23. The number of nitrogens with one attached hydrogen (secondary N) is 1. The molecule has 1 unspecified atom stereocenters. The van der Waals surface area contributed by atoms with Crippen LogP contribution in [-0.4, -0.2) is 23.6 Å². The summed E-state index contributed by atoms with van der Waals surface area (Å²) in [5.74, 6) is 0.00209. The molecule has 1 heterocycles. The largest absolute Gasteiger partial charge is 0.348 e. The Balaban J connectivity index is 2.07. The molecule has 0 saturated carbocycles. The SMILES string of the molecule is CC(NCc1cnc(N(C)C)n1C)c1cc(F)ccc1F.